The standard InChI is InChI=1S/C15H26N4/c1-13(2)14(11-16)12-18-7-9-19(10-8-18)15-5-3-4-6-17-15/h3-6,13-14H,7-12,16H2,1-2H3. The quantitative estimate of drug-likeness (QED) is 0.872. The van der Waals surface area contributed by atoms with Crippen LogP contribution in [0.15, 0.2) is 24.4 Å². The molecule has 0 aliphatic carbocycles. The van der Waals surface area contributed by atoms with Crippen molar-refractivity contribution in [2.75, 3.05) is 44.2 Å². The van der Waals surface area contributed by atoms with E-state index in [1.807, 2.05) is 12.3 Å². The first-order valence-corrected chi connectivity index (χ1v) is 7.29. The van der Waals surface area contributed by atoms with Crippen molar-refractivity contribution < 1.29 is 0 Å². The minimum atomic E-state index is 0.612. The van der Waals surface area contributed by atoms with Crippen molar-refractivity contribution in [1.82, 2.24) is 9.88 Å². The van der Waals surface area contributed by atoms with Crippen LogP contribution < -0.4 is 10.6 Å². The Kier molecular flexibility index (Phi) is 5.16. The third-order valence-corrected chi connectivity index (χ3v) is 4.08. The molecule has 0 saturated carbocycles. The molecule has 19 heavy (non-hydrogen) atoms. The number of nitrogens with zero attached hydrogens (tertiary/aromatic N) is 3. The summed E-state index contributed by atoms with van der Waals surface area (Å²) in [5.74, 6) is 2.38. The number of hydrogen-bond donors (Lipinski definition) is 1. The summed E-state index contributed by atoms with van der Waals surface area (Å²) >= 11 is 0. The molecule has 1 saturated heterocycles. The predicted molar refractivity (Wildman–Crippen MR) is 80.3 cm³/mol. The fourth-order valence-electron chi connectivity index (χ4n) is 2.59. The molecule has 4 nitrogen and oxygen atoms in total. The number of pyridine rings is 1. The van der Waals surface area contributed by atoms with Gasteiger partial charge in [-0.05, 0) is 30.5 Å². The predicted octanol–water partition coefficient (Wildman–Crippen LogP) is 1.43. The topological polar surface area (TPSA) is 45.4 Å². The van der Waals surface area contributed by atoms with Crippen molar-refractivity contribution in [2.24, 2.45) is 17.6 Å². The van der Waals surface area contributed by atoms with E-state index in [1.54, 1.807) is 0 Å². The first kappa shape index (κ1) is 14.3. The average Bonchev–Trinajstić information content (AvgIpc) is 2.46. The van der Waals surface area contributed by atoms with Gasteiger partial charge in [-0.15, -0.1) is 0 Å². The molecule has 0 aromatic carbocycles. The van der Waals surface area contributed by atoms with E-state index in [4.69, 9.17) is 5.73 Å². The Balaban J connectivity index is 1.82. The Morgan fingerprint density at radius 2 is 1.95 bits per heavy atom. The summed E-state index contributed by atoms with van der Waals surface area (Å²) in [6, 6.07) is 6.11. The van der Waals surface area contributed by atoms with E-state index in [9.17, 15) is 0 Å². The highest BCUT2D eigenvalue weighted by atomic mass is 15.3. The van der Waals surface area contributed by atoms with Crippen molar-refractivity contribution >= 4 is 5.82 Å². The fourth-order valence-corrected chi connectivity index (χ4v) is 2.59. The normalized spacial score (nSPS) is 18.8. The van der Waals surface area contributed by atoms with Crippen LogP contribution >= 0.6 is 0 Å². The van der Waals surface area contributed by atoms with Crippen LogP contribution in [0, 0.1) is 11.8 Å². The fraction of sp³-hybridized carbons (Fsp3) is 0.667. The molecule has 1 aliphatic heterocycles. The largest absolute Gasteiger partial charge is 0.354 e. The summed E-state index contributed by atoms with van der Waals surface area (Å²) < 4.78 is 0. The third-order valence-electron chi connectivity index (χ3n) is 4.08. The van der Waals surface area contributed by atoms with Crippen LogP contribution in [0.2, 0.25) is 0 Å². The number of hydrogen-bond acceptors (Lipinski definition) is 4. The van der Waals surface area contributed by atoms with Gasteiger partial charge in [0.1, 0.15) is 5.82 Å². The van der Waals surface area contributed by atoms with Gasteiger partial charge in [0.25, 0.3) is 0 Å². The maximum absolute atomic E-state index is 5.86. The van der Waals surface area contributed by atoms with Gasteiger partial charge in [0.05, 0.1) is 0 Å². The molecule has 106 valence electrons. The molecule has 1 aromatic rings. The van der Waals surface area contributed by atoms with E-state index in [1.165, 1.54) is 0 Å². The van der Waals surface area contributed by atoms with Crippen molar-refractivity contribution in [3.63, 3.8) is 0 Å². The highest BCUT2D eigenvalue weighted by Crippen LogP contribution is 2.16. The number of piperazine rings is 1. The van der Waals surface area contributed by atoms with Crippen LogP contribution in [0.4, 0.5) is 5.82 Å². The summed E-state index contributed by atoms with van der Waals surface area (Å²) in [6.07, 6.45) is 1.87. The lowest BCUT2D eigenvalue weighted by Gasteiger charge is -2.37. The highest BCUT2D eigenvalue weighted by Gasteiger charge is 2.21. The summed E-state index contributed by atoms with van der Waals surface area (Å²) in [5.41, 5.74) is 5.86. The van der Waals surface area contributed by atoms with Gasteiger partial charge in [-0.1, -0.05) is 19.9 Å². The Morgan fingerprint density at radius 1 is 1.21 bits per heavy atom. The van der Waals surface area contributed by atoms with Gasteiger partial charge < -0.3 is 10.6 Å². The average molecular weight is 262 g/mol. The van der Waals surface area contributed by atoms with Crippen LogP contribution in [0.25, 0.3) is 0 Å². The molecule has 1 aliphatic rings. The minimum Gasteiger partial charge on any atom is -0.354 e. The maximum Gasteiger partial charge on any atom is 0.128 e. The Bertz CT molecular complexity index is 358. The molecular formula is C15H26N4. The molecule has 0 bridgehead atoms. The molecule has 2 rings (SSSR count). The number of anilines is 1. The summed E-state index contributed by atoms with van der Waals surface area (Å²) in [7, 11) is 0. The molecule has 1 aromatic heterocycles. The molecular weight excluding hydrogens is 236 g/mol. The molecule has 0 amide bonds. The summed E-state index contributed by atoms with van der Waals surface area (Å²) in [4.78, 5) is 9.32. The SMILES string of the molecule is CC(C)C(CN)CN1CCN(c2ccccn2)CC1. The van der Waals surface area contributed by atoms with E-state index >= 15 is 0 Å². The first-order valence-electron chi connectivity index (χ1n) is 7.29. The molecule has 1 atom stereocenters. The number of nitrogens with two attached hydrogens (primary N) is 1. The lowest BCUT2D eigenvalue weighted by atomic mass is 9.95. The second-order valence-corrected chi connectivity index (χ2v) is 5.72. The minimum absolute atomic E-state index is 0.612. The van der Waals surface area contributed by atoms with Crippen molar-refractivity contribution in [3.05, 3.63) is 24.4 Å². The third kappa shape index (κ3) is 3.91. The van der Waals surface area contributed by atoms with Crippen molar-refractivity contribution in [1.29, 1.82) is 0 Å². The number of rotatable bonds is 5. The Labute approximate surface area is 116 Å². The summed E-state index contributed by atoms with van der Waals surface area (Å²) in [6.45, 7) is 10.8. The molecule has 0 radical (unpaired) electrons. The Morgan fingerprint density at radius 3 is 2.47 bits per heavy atom. The van der Waals surface area contributed by atoms with E-state index < -0.39 is 0 Å². The van der Waals surface area contributed by atoms with Gasteiger partial charge in [0.15, 0.2) is 0 Å². The molecule has 2 heterocycles. The van der Waals surface area contributed by atoms with E-state index in [2.05, 4.69) is 40.8 Å². The van der Waals surface area contributed by atoms with Gasteiger partial charge >= 0.3 is 0 Å². The molecule has 2 N–H and O–H groups in total. The van der Waals surface area contributed by atoms with Crippen molar-refractivity contribution in [2.45, 2.75) is 13.8 Å². The van der Waals surface area contributed by atoms with Gasteiger partial charge in [-0.2, -0.15) is 0 Å². The van der Waals surface area contributed by atoms with Crippen molar-refractivity contribution in [3.8, 4) is 0 Å². The Hall–Kier alpha value is -1.13. The molecule has 1 fully saturated rings. The van der Waals surface area contributed by atoms with Crippen LogP contribution in [0.1, 0.15) is 13.8 Å². The molecule has 0 spiro atoms. The van der Waals surface area contributed by atoms with Crippen LogP contribution in [-0.4, -0.2) is 49.2 Å². The zero-order valence-corrected chi connectivity index (χ0v) is 12.1. The number of aromatic nitrogens is 1. The van der Waals surface area contributed by atoms with Crippen LogP contribution in [0.5, 0.6) is 0 Å². The van der Waals surface area contributed by atoms with E-state index in [0.29, 0.717) is 11.8 Å². The zero-order chi connectivity index (χ0) is 13.7. The highest BCUT2D eigenvalue weighted by molar-refractivity contribution is 5.38. The molecule has 1 unspecified atom stereocenters. The first-order chi connectivity index (χ1) is 9.20. The van der Waals surface area contributed by atoms with Crippen LogP contribution in [0.3, 0.4) is 0 Å². The van der Waals surface area contributed by atoms with E-state index in [0.717, 1.165) is 45.1 Å². The lowest BCUT2D eigenvalue weighted by Crippen LogP contribution is -2.49. The monoisotopic (exact) mass is 262 g/mol. The smallest absolute Gasteiger partial charge is 0.128 e. The van der Waals surface area contributed by atoms with Gasteiger partial charge in [0.2, 0.25) is 0 Å². The van der Waals surface area contributed by atoms with Crippen LogP contribution in [-0.2, 0) is 0 Å². The zero-order valence-electron chi connectivity index (χ0n) is 12.1. The van der Waals surface area contributed by atoms with E-state index in [-0.39, 0.29) is 0 Å². The maximum atomic E-state index is 5.86. The molecule has 4 heteroatoms. The van der Waals surface area contributed by atoms with Gasteiger partial charge in [-0.3, -0.25) is 4.90 Å². The summed E-state index contributed by atoms with van der Waals surface area (Å²) in [5, 5.41) is 0. The lowest BCUT2D eigenvalue weighted by molar-refractivity contribution is 0.195. The van der Waals surface area contributed by atoms with Gasteiger partial charge in [-0.25, -0.2) is 4.98 Å². The van der Waals surface area contributed by atoms with Gasteiger partial charge in [0, 0.05) is 38.9 Å². The second kappa shape index (κ2) is 6.87. The second-order valence-electron chi connectivity index (χ2n) is 5.72.